The Labute approximate surface area is 167 Å². The Kier molecular flexibility index (Phi) is 7.79. The third-order valence-corrected chi connectivity index (χ3v) is 3.60. The van der Waals surface area contributed by atoms with Crippen LogP contribution in [0.1, 0.15) is 5.56 Å². The number of carbonyl (C=O) groups is 2. The molecule has 9 heteroatoms. The van der Waals surface area contributed by atoms with E-state index in [4.69, 9.17) is 21.7 Å². The van der Waals surface area contributed by atoms with E-state index in [-0.39, 0.29) is 5.11 Å². The van der Waals surface area contributed by atoms with Crippen LogP contribution >= 0.6 is 12.2 Å². The molecule has 0 atom stereocenters. The predicted molar refractivity (Wildman–Crippen MR) is 111 cm³/mol. The van der Waals surface area contributed by atoms with Gasteiger partial charge in [0, 0.05) is 11.8 Å². The number of nitrogens with one attached hydrogen (secondary N) is 4. The molecule has 0 aliphatic carbocycles. The molecule has 0 aliphatic rings. The van der Waals surface area contributed by atoms with E-state index < -0.39 is 11.9 Å². The average molecular weight is 400 g/mol. The lowest BCUT2D eigenvalue weighted by atomic mass is 10.2. The number of rotatable bonds is 5. The summed E-state index contributed by atoms with van der Waals surface area (Å²) in [6.07, 6.45) is 2.90. The highest BCUT2D eigenvalue weighted by Crippen LogP contribution is 2.27. The van der Waals surface area contributed by atoms with Gasteiger partial charge in [-0.3, -0.25) is 15.5 Å². The van der Waals surface area contributed by atoms with Gasteiger partial charge in [-0.25, -0.2) is 10.2 Å². The number of urea groups is 1. The van der Waals surface area contributed by atoms with Crippen molar-refractivity contribution in [2.75, 3.05) is 19.5 Å². The lowest BCUT2D eigenvalue weighted by molar-refractivity contribution is -0.115. The summed E-state index contributed by atoms with van der Waals surface area (Å²) in [5.74, 6) is 0.683. The summed E-state index contributed by atoms with van der Waals surface area (Å²) in [4.78, 5) is 23.7. The third kappa shape index (κ3) is 6.61. The average Bonchev–Trinajstić information content (AvgIpc) is 2.71. The van der Waals surface area contributed by atoms with Crippen molar-refractivity contribution >= 4 is 41.0 Å². The number of hydrazine groups is 1. The number of hydrogen-bond acceptors (Lipinski definition) is 5. The Morgan fingerprint density at radius 2 is 1.68 bits per heavy atom. The van der Waals surface area contributed by atoms with Crippen LogP contribution in [0, 0.1) is 0 Å². The predicted octanol–water partition coefficient (Wildman–Crippen LogP) is 2.44. The molecule has 0 radical (unpaired) electrons. The highest BCUT2D eigenvalue weighted by atomic mass is 32.1. The third-order valence-electron chi connectivity index (χ3n) is 3.39. The number of anilines is 1. The Morgan fingerprint density at radius 1 is 0.964 bits per heavy atom. The zero-order chi connectivity index (χ0) is 20.4. The second-order valence-corrected chi connectivity index (χ2v) is 5.74. The van der Waals surface area contributed by atoms with Crippen molar-refractivity contribution in [2.45, 2.75) is 0 Å². The smallest absolute Gasteiger partial charge is 0.337 e. The van der Waals surface area contributed by atoms with E-state index in [1.165, 1.54) is 13.2 Å². The van der Waals surface area contributed by atoms with E-state index in [0.717, 1.165) is 5.56 Å². The van der Waals surface area contributed by atoms with Gasteiger partial charge in [-0.1, -0.05) is 24.3 Å². The van der Waals surface area contributed by atoms with Crippen LogP contribution in [0.5, 0.6) is 11.5 Å². The highest BCUT2D eigenvalue weighted by Gasteiger charge is 2.05. The highest BCUT2D eigenvalue weighted by molar-refractivity contribution is 7.80. The second-order valence-electron chi connectivity index (χ2n) is 5.34. The summed E-state index contributed by atoms with van der Waals surface area (Å²) in [7, 11) is 3.08. The fourth-order valence-corrected chi connectivity index (χ4v) is 2.26. The summed E-state index contributed by atoms with van der Waals surface area (Å²) >= 11 is 4.96. The first-order valence-electron chi connectivity index (χ1n) is 8.15. The van der Waals surface area contributed by atoms with Gasteiger partial charge in [-0.15, -0.1) is 0 Å². The van der Waals surface area contributed by atoms with E-state index in [9.17, 15) is 9.59 Å². The number of benzene rings is 2. The normalized spacial score (nSPS) is 10.1. The van der Waals surface area contributed by atoms with Crippen LogP contribution in [0.4, 0.5) is 10.5 Å². The Hall–Kier alpha value is -3.59. The van der Waals surface area contributed by atoms with E-state index in [1.54, 1.807) is 55.7 Å². The van der Waals surface area contributed by atoms with Crippen molar-refractivity contribution in [3.63, 3.8) is 0 Å². The molecule has 0 heterocycles. The van der Waals surface area contributed by atoms with Crippen molar-refractivity contribution in [1.82, 2.24) is 16.2 Å². The van der Waals surface area contributed by atoms with Gasteiger partial charge in [-0.05, 0) is 48.1 Å². The van der Waals surface area contributed by atoms with E-state index >= 15 is 0 Å². The molecule has 0 fully saturated rings. The minimum absolute atomic E-state index is 0.0508. The summed E-state index contributed by atoms with van der Waals surface area (Å²) < 4.78 is 10.4. The minimum Gasteiger partial charge on any atom is -0.493 e. The molecular formula is C19H20N4O4S. The van der Waals surface area contributed by atoms with Crippen molar-refractivity contribution in [3.8, 4) is 11.5 Å². The molecule has 0 aliphatic heterocycles. The van der Waals surface area contributed by atoms with Gasteiger partial charge in [0.15, 0.2) is 16.6 Å². The van der Waals surface area contributed by atoms with Crippen LogP contribution in [0.15, 0.2) is 54.6 Å². The van der Waals surface area contributed by atoms with E-state index in [0.29, 0.717) is 17.2 Å². The Bertz CT molecular complexity index is 871. The Balaban J connectivity index is 1.79. The summed E-state index contributed by atoms with van der Waals surface area (Å²) in [5.41, 5.74) is 6.12. The molecule has 2 aromatic rings. The molecule has 28 heavy (non-hydrogen) atoms. The number of thiocarbonyl (C=S) groups is 1. The maximum Gasteiger partial charge on any atom is 0.337 e. The van der Waals surface area contributed by atoms with Crippen LogP contribution in [-0.2, 0) is 4.79 Å². The molecule has 0 spiro atoms. The van der Waals surface area contributed by atoms with Gasteiger partial charge in [-0.2, -0.15) is 0 Å². The van der Waals surface area contributed by atoms with Crippen LogP contribution < -0.4 is 31.0 Å². The topological polar surface area (TPSA) is 101 Å². The maximum atomic E-state index is 11.9. The zero-order valence-corrected chi connectivity index (χ0v) is 16.1. The first kappa shape index (κ1) is 20.7. The van der Waals surface area contributed by atoms with Crippen molar-refractivity contribution in [1.29, 1.82) is 0 Å². The van der Waals surface area contributed by atoms with Crippen LogP contribution in [-0.4, -0.2) is 31.3 Å². The van der Waals surface area contributed by atoms with Crippen molar-refractivity contribution in [3.05, 3.63) is 60.2 Å². The molecular weight excluding hydrogens is 380 g/mol. The molecule has 0 unspecified atom stereocenters. The van der Waals surface area contributed by atoms with Gasteiger partial charge in [0.05, 0.1) is 14.2 Å². The van der Waals surface area contributed by atoms with Gasteiger partial charge < -0.3 is 14.8 Å². The fourth-order valence-electron chi connectivity index (χ4n) is 2.11. The first-order chi connectivity index (χ1) is 13.5. The lowest BCUT2D eigenvalue weighted by Crippen LogP contribution is -2.49. The fraction of sp³-hybridized carbons (Fsp3) is 0.105. The van der Waals surface area contributed by atoms with Crippen molar-refractivity contribution < 1.29 is 19.1 Å². The molecule has 2 rings (SSSR count). The van der Waals surface area contributed by atoms with Crippen LogP contribution in [0.2, 0.25) is 0 Å². The number of methoxy groups -OCH3 is 2. The molecule has 2 aromatic carbocycles. The van der Waals surface area contributed by atoms with Gasteiger partial charge in [0.1, 0.15) is 0 Å². The molecule has 146 valence electrons. The molecule has 8 nitrogen and oxygen atoms in total. The standard InChI is InChI=1S/C19H20N4O4S/c1-26-15-10-8-13(12-16(15)27-2)9-11-17(24)21-19(28)23-22-18(25)20-14-6-4-3-5-7-14/h3-12H,1-2H3,(H2,20,22,25)(H2,21,23,24,28). The number of para-hydroxylation sites is 1. The molecule has 0 saturated carbocycles. The molecule has 0 bridgehead atoms. The SMILES string of the molecule is COc1ccc(C=CC(=O)NC(=S)NNC(=O)Nc2ccccc2)cc1OC. The quantitative estimate of drug-likeness (QED) is 0.349. The monoisotopic (exact) mass is 400 g/mol. The lowest BCUT2D eigenvalue weighted by Gasteiger charge is -2.10. The molecule has 4 N–H and O–H groups in total. The van der Waals surface area contributed by atoms with Crippen LogP contribution in [0.25, 0.3) is 6.08 Å². The zero-order valence-electron chi connectivity index (χ0n) is 15.3. The molecule has 0 saturated heterocycles. The summed E-state index contributed by atoms with van der Waals surface area (Å²) in [6.45, 7) is 0. The van der Waals surface area contributed by atoms with Gasteiger partial charge >= 0.3 is 6.03 Å². The van der Waals surface area contributed by atoms with E-state index in [1.807, 2.05) is 6.07 Å². The Morgan fingerprint density at radius 3 is 2.36 bits per heavy atom. The molecule has 3 amide bonds. The summed E-state index contributed by atoms with van der Waals surface area (Å²) in [5, 5.41) is 4.96. The summed E-state index contributed by atoms with van der Waals surface area (Å²) in [6, 6.07) is 13.6. The number of ether oxygens (including phenoxy) is 2. The number of carbonyl (C=O) groups excluding carboxylic acids is 2. The number of hydrogen-bond donors (Lipinski definition) is 4. The minimum atomic E-state index is -0.524. The van der Waals surface area contributed by atoms with Gasteiger partial charge in [0.25, 0.3) is 0 Å². The number of amides is 3. The van der Waals surface area contributed by atoms with Crippen LogP contribution in [0.3, 0.4) is 0 Å². The second kappa shape index (κ2) is 10.5. The van der Waals surface area contributed by atoms with Gasteiger partial charge in [0.2, 0.25) is 5.91 Å². The first-order valence-corrected chi connectivity index (χ1v) is 8.55. The van der Waals surface area contributed by atoms with Crippen molar-refractivity contribution in [2.24, 2.45) is 0 Å². The maximum absolute atomic E-state index is 11.9. The molecule has 0 aromatic heterocycles. The van der Waals surface area contributed by atoms with E-state index in [2.05, 4.69) is 21.5 Å². The largest absolute Gasteiger partial charge is 0.493 e.